The van der Waals surface area contributed by atoms with E-state index in [0.29, 0.717) is 13.1 Å². The Hall–Kier alpha value is -1.86. The fourth-order valence-corrected chi connectivity index (χ4v) is 2.39. The van der Waals surface area contributed by atoms with Crippen molar-refractivity contribution in [2.75, 3.05) is 20.1 Å². The van der Waals surface area contributed by atoms with Crippen LogP contribution < -0.4 is 5.32 Å². The molecule has 1 aliphatic rings. The Morgan fingerprint density at radius 1 is 1.52 bits per heavy atom. The summed E-state index contributed by atoms with van der Waals surface area (Å²) in [7, 11) is 1.86. The number of nitrogens with one attached hydrogen (secondary N) is 1. The zero-order valence-electron chi connectivity index (χ0n) is 11.6. The first-order valence-electron chi connectivity index (χ1n) is 6.47. The number of nitrogens with zero attached hydrogens (tertiary/aromatic N) is 2. The van der Waals surface area contributed by atoms with E-state index in [1.165, 1.54) is 6.07 Å². The van der Waals surface area contributed by atoms with E-state index in [1.807, 2.05) is 7.05 Å². The van der Waals surface area contributed by atoms with Crippen molar-refractivity contribution in [1.82, 2.24) is 10.2 Å². The second-order valence-electron chi connectivity index (χ2n) is 4.84. The largest absolute Gasteiger partial charge is 0.502 e. The van der Waals surface area contributed by atoms with Crippen LogP contribution in [0.5, 0.6) is 5.75 Å². The second-order valence-corrected chi connectivity index (χ2v) is 4.84. The van der Waals surface area contributed by atoms with Crippen LogP contribution in [0.15, 0.2) is 18.2 Å². The van der Waals surface area contributed by atoms with E-state index >= 15 is 0 Å². The molecule has 1 saturated heterocycles. The molecule has 2 N–H and O–H groups in total. The van der Waals surface area contributed by atoms with Crippen molar-refractivity contribution in [3.05, 3.63) is 33.9 Å². The first-order chi connectivity index (χ1) is 9.52. The summed E-state index contributed by atoms with van der Waals surface area (Å²) in [6.07, 6.45) is 1.93. The zero-order valence-corrected chi connectivity index (χ0v) is 12.4. The van der Waals surface area contributed by atoms with Crippen LogP contribution >= 0.6 is 12.4 Å². The SMILES string of the molecule is CNC1CCCN(C(=O)c2ccc([N+](=O)[O-])c(O)c2)C1.Cl. The third-order valence-electron chi connectivity index (χ3n) is 3.54. The number of carbonyl (C=O) groups is 1. The number of halogens is 1. The Morgan fingerprint density at radius 2 is 2.24 bits per heavy atom. The van der Waals surface area contributed by atoms with E-state index in [4.69, 9.17) is 0 Å². The fourth-order valence-electron chi connectivity index (χ4n) is 2.39. The number of hydrogen-bond acceptors (Lipinski definition) is 5. The first kappa shape index (κ1) is 17.2. The van der Waals surface area contributed by atoms with Crippen molar-refractivity contribution in [3.63, 3.8) is 0 Å². The molecule has 0 spiro atoms. The average molecular weight is 316 g/mol. The van der Waals surface area contributed by atoms with E-state index in [1.54, 1.807) is 4.90 Å². The number of nitro benzene ring substituents is 1. The van der Waals surface area contributed by atoms with Crippen LogP contribution in [0.4, 0.5) is 5.69 Å². The molecular formula is C13H18ClN3O4. The highest BCUT2D eigenvalue weighted by Gasteiger charge is 2.25. The van der Waals surface area contributed by atoms with Crippen molar-refractivity contribution >= 4 is 24.0 Å². The average Bonchev–Trinajstić information content (AvgIpc) is 2.46. The van der Waals surface area contributed by atoms with E-state index in [2.05, 4.69) is 5.32 Å². The van der Waals surface area contributed by atoms with E-state index in [-0.39, 0.29) is 29.9 Å². The van der Waals surface area contributed by atoms with Gasteiger partial charge >= 0.3 is 5.69 Å². The highest BCUT2D eigenvalue weighted by Crippen LogP contribution is 2.27. The number of likely N-dealkylation sites (N-methyl/N-ethyl adjacent to an activating group) is 1. The normalized spacial score (nSPS) is 18.0. The lowest BCUT2D eigenvalue weighted by atomic mass is 10.0. The molecule has 1 aliphatic heterocycles. The molecule has 1 heterocycles. The lowest BCUT2D eigenvalue weighted by Gasteiger charge is -2.32. The van der Waals surface area contributed by atoms with Gasteiger partial charge in [-0.05, 0) is 32.0 Å². The minimum atomic E-state index is -0.679. The van der Waals surface area contributed by atoms with Gasteiger partial charge in [-0.15, -0.1) is 12.4 Å². The van der Waals surface area contributed by atoms with Gasteiger partial charge in [0, 0.05) is 30.8 Å². The molecule has 1 fully saturated rings. The Kier molecular flexibility index (Phi) is 5.92. The van der Waals surface area contributed by atoms with Gasteiger partial charge in [0.05, 0.1) is 4.92 Å². The molecule has 1 aromatic rings. The van der Waals surface area contributed by atoms with Gasteiger partial charge in [-0.1, -0.05) is 0 Å². The van der Waals surface area contributed by atoms with Crippen LogP contribution in [0.3, 0.4) is 0 Å². The molecule has 0 saturated carbocycles. The number of rotatable bonds is 3. The van der Waals surface area contributed by atoms with Crippen LogP contribution in [-0.2, 0) is 0 Å². The van der Waals surface area contributed by atoms with Gasteiger partial charge in [0.2, 0.25) is 0 Å². The van der Waals surface area contributed by atoms with Crippen molar-refractivity contribution in [1.29, 1.82) is 0 Å². The third kappa shape index (κ3) is 3.83. The number of nitro groups is 1. The summed E-state index contributed by atoms with van der Waals surface area (Å²) < 4.78 is 0. The van der Waals surface area contributed by atoms with Crippen molar-refractivity contribution < 1.29 is 14.8 Å². The van der Waals surface area contributed by atoms with Crippen molar-refractivity contribution in [2.45, 2.75) is 18.9 Å². The molecule has 2 rings (SSSR count). The summed E-state index contributed by atoms with van der Waals surface area (Å²) in [5, 5.41) is 23.4. The summed E-state index contributed by atoms with van der Waals surface area (Å²) in [5.74, 6) is -0.696. The van der Waals surface area contributed by atoms with Gasteiger partial charge in [-0.2, -0.15) is 0 Å². The number of likely N-dealkylation sites (tertiary alicyclic amines) is 1. The second kappa shape index (κ2) is 7.24. The molecular weight excluding hydrogens is 298 g/mol. The van der Waals surface area contributed by atoms with Gasteiger partial charge < -0.3 is 15.3 Å². The van der Waals surface area contributed by atoms with Gasteiger partial charge in [-0.25, -0.2) is 0 Å². The van der Waals surface area contributed by atoms with Crippen LogP contribution in [0.2, 0.25) is 0 Å². The molecule has 1 unspecified atom stereocenters. The van der Waals surface area contributed by atoms with E-state index < -0.39 is 16.4 Å². The summed E-state index contributed by atoms with van der Waals surface area (Å²) in [5.41, 5.74) is -0.127. The Labute approximate surface area is 128 Å². The van der Waals surface area contributed by atoms with Crippen LogP contribution in [0.1, 0.15) is 23.2 Å². The summed E-state index contributed by atoms with van der Waals surface area (Å²) in [6, 6.07) is 3.95. The molecule has 116 valence electrons. The fraction of sp³-hybridized carbons (Fsp3) is 0.462. The minimum Gasteiger partial charge on any atom is -0.502 e. The smallest absolute Gasteiger partial charge is 0.310 e. The maximum absolute atomic E-state index is 12.3. The van der Waals surface area contributed by atoms with Crippen molar-refractivity contribution in [2.24, 2.45) is 0 Å². The molecule has 7 nitrogen and oxygen atoms in total. The third-order valence-corrected chi connectivity index (χ3v) is 3.54. The molecule has 1 atom stereocenters. The number of phenols is 1. The molecule has 0 aliphatic carbocycles. The number of phenolic OH excluding ortho intramolecular Hbond substituents is 1. The lowest BCUT2D eigenvalue weighted by Crippen LogP contribution is -2.46. The van der Waals surface area contributed by atoms with Gasteiger partial charge in [-0.3, -0.25) is 14.9 Å². The highest BCUT2D eigenvalue weighted by atomic mass is 35.5. The number of aromatic hydroxyl groups is 1. The van der Waals surface area contributed by atoms with Crippen LogP contribution in [0.25, 0.3) is 0 Å². The first-order valence-corrected chi connectivity index (χ1v) is 6.47. The Bertz CT molecular complexity index is 538. The molecule has 0 radical (unpaired) electrons. The van der Waals surface area contributed by atoms with E-state index in [9.17, 15) is 20.0 Å². The van der Waals surface area contributed by atoms with Crippen molar-refractivity contribution in [3.8, 4) is 5.75 Å². The summed E-state index contributed by atoms with van der Waals surface area (Å²) in [6.45, 7) is 1.27. The highest BCUT2D eigenvalue weighted by molar-refractivity contribution is 5.95. The molecule has 1 amide bonds. The summed E-state index contributed by atoms with van der Waals surface area (Å²) >= 11 is 0. The topological polar surface area (TPSA) is 95.7 Å². The predicted molar refractivity (Wildman–Crippen MR) is 80.0 cm³/mol. The standard InChI is InChI=1S/C13H17N3O4.ClH/c1-14-10-3-2-6-15(8-10)13(18)9-4-5-11(16(19)20)12(17)7-9;/h4-5,7,10,14,17H,2-3,6,8H2,1H3;1H. The molecule has 0 bridgehead atoms. The maximum Gasteiger partial charge on any atom is 0.310 e. The van der Waals surface area contributed by atoms with E-state index in [0.717, 1.165) is 25.0 Å². The number of amides is 1. The number of benzene rings is 1. The van der Waals surface area contributed by atoms with Crippen LogP contribution in [-0.4, -0.2) is 47.0 Å². The molecule has 8 heteroatoms. The molecule has 1 aromatic carbocycles. The predicted octanol–water partition coefficient (Wildman–Crippen LogP) is 1.55. The Balaban J connectivity index is 0.00000220. The van der Waals surface area contributed by atoms with Gasteiger partial charge in [0.1, 0.15) is 0 Å². The Morgan fingerprint density at radius 3 is 2.81 bits per heavy atom. The lowest BCUT2D eigenvalue weighted by molar-refractivity contribution is -0.385. The van der Waals surface area contributed by atoms with Gasteiger partial charge in [0.15, 0.2) is 5.75 Å². The monoisotopic (exact) mass is 315 g/mol. The summed E-state index contributed by atoms with van der Waals surface area (Å²) in [4.78, 5) is 24.0. The zero-order chi connectivity index (χ0) is 14.7. The van der Waals surface area contributed by atoms with Gasteiger partial charge in [0.25, 0.3) is 5.91 Å². The minimum absolute atomic E-state index is 0. The number of carbonyl (C=O) groups excluding carboxylic acids is 1. The van der Waals surface area contributed by atoms with Crippen LogP contribution in [0, 0.1) is 10.1 Å². The maximum atomic E-state index is 12.3. The molecule has 21 heavy (non-hydrogen) atoms. The molecule has 0 aromatic heterocycles. The number of piperidine rings is 1. The number of hydrogen-bond donors (Lipinski definition) is 2. The quantitative estimate of drug-likeness (QED) is 0.651.